The largest absolute Gasteiger partial charge is 0.493 e. The van der Waals surface area contributed by atoms with Crippen LogP contribution in [0.3, 0.4) is 0 Å². The second-order valence-electron chi connectivity index (χ2n) is 7.92. The van der Waals surface area contributed by atoms with E-state index in [0.717, 1.165) is 0 Å². The van der Waals surface area contributed by atoms with Gasteiger partial charge in [-0.15, -0.1) is 0 Å². The molecule has 0 unspecified atom stereocenters. The highest BCUT2D eigenvalue weighted by Gasteiger charge is 2.21. The average Bonchev–Trinajstić information content (AvgIpc) is 2.75. The molecule has 0 saturated heterocycles. The van der Waals surface area contributed by atoms with Crippen LogP contribution in [0.4, 0.5) is 10.5 Å². The van der Waals surface area contributed by atoms with Gasteiger partial charge in [-0.2, -0.15) is 18.4 Å². The number of nitriles is 1. The molecule has 1 aromatic heterocycles. The van der Waals surface area contributed by atoms with E-state index in [9.17, 15) is 18.5 Å². The number of aromatic nitrogens is 1. The third-order valence-corrected chi connectivity index (χ3v) is 5.22. The Bertz CT molecular complexity index is 1160. The Morgan fingerprint density at radius 3 is 2.38 bits per heavy atom. The zero-order chi connectivity index (χ0) is 25.4. The van der Waals surface area contributed by atoms with Crippen molar-refractivity contribution in [2.45, 2.75) is 26.4 Å². The van der Waals surface area contributed by atoms with Crippen LogP contribution in [-0.2, 0) is 19.7 Å². The molecule has 0 aliphatic rings. The number of methoxy groups -OCH3 is 2. The number of pyridine rings is 1. The normalized spacial score (nSPS) is 11.5. The average molecular weight is 496 g/mol. The maximum absolute atomic E-state index is 11.8. The maximum atomic E-state index is 11.8. The van der Waals surface area contributed by atoms with Gasteiger partial charge in [0.25, 0.3) is 0 Å². The van der Waals surface area contributed by atoms with Gasteiger partial charge in [0.15, 0.2) is 11.5 Å². The first kappa shape index (κ1) is 26.9. The lowest BCUT2D eigenvalue weighted by molar-refractivity contribution is 0.0569. The van der Waals surface area contributed by atoms with Gasteiger partial charge in [-0.1, -0.05) is 0 Å². The lowest BCUT2D eigenvalue weighted by Gasteiger charge is -2.19. The van der Waals surface area contributed by atoms with Gasteiger partial charge in [0, 0.05) is 30.7 Å². The van der Waals surface area contributed by atoms with Crippen molar-refractivity contribution in [2.24, 2.45) is 0 Å². The third kappa shape index (κ3) is 7.91. The number of anilines is 1. The number of rotatable bonds is 11. The van der Waals surface area contributed by atoms with Crippen molar-refractivity contribution >= 4 is 32.9 Å². The second kappa shape index (κ2) is 11.7. The van der Waals surface area contributed by atoms with Crippen LogP contribution in [0.1, 0.15) is 26.3 Å². The van der Waals surface area contributed by atoms with Crippen molar-refractivity contribution in [1.82, 2.24) is 14.4 Å². The number of hydrogen-bond donors (Lipinski definition) is 3. The SMILES string of the molecule is COc1cc2ncc(C#N)c(NCCOCCNS(=O)(=O)NC(=O)OC(C)(C)C)c2cc1OC. The first-order chi connectivity index (χ1) is 16.0. The minimum atomic E-state index is -4.07. The number of fused-ring (bicyclic) bond motifs is 1. The van der Waals surface area contributed by atoms with Crippen LogP contribution in [0.25, 0.3) is 10.9 Å². The topological polar surface area (TPSA) is 161 Å². The van der Waals surface area contributed by atoms with Crippen molar-refractivity contribution in [1.29, 1.82) is 5.26 Å². The predicted octanol–water partition coefficient (Wildman–Crippen LogP) is 1.91. The summed E-state index contributed by atoms with van der Waals surface area (Å²) in [5.41, 5.74) is 0.713. The molecule has 0 aliphatic heterocycles. The fourth-order valence-corrected chi connectivity index (χ4v) is 3.52. The second-order valence-corrected chi connectivity index (χ2v) is 9.42. The third-order valence-electron chi connectivity index (χ3n) is 4.20. The van der Waals surface area contributed by atoms with Gasteiger partial charge in [0.2, 0.25) is 0 Å². The summed E-state index contributed by atoms with van der Waals surface area (Å²) in [6.45, 7) is 5.43. The number of carbonyl (C=O) groups excluding carboxylic acids is 1. The molecule has 0 bridgehead atoms. The van der Waals surface area contributed by atoms with Crippen LogP contribution >= 0.6 is 0 Å². The van der Waals surface area contributed by atoms with E-state index < -0.39 is 21.9 Å². The van der Waals surface area contributed by atoms with E-state index in [-0.39, 0.29) is 19.8 Å². The molecule has 12 nitrogen and oxygen atoms in total. The zero-order valence-electron chi connectivity index (χ0n) is 19.7. The van der Waals surface area contributed by atoms with E-state index >= 15 is 0 Å². The first-order valence-electron chi connectivity index (χ1n) is 10.3. The van der Waals surface area contributed by atoms with Gasteiger partial charge in [-0.3, -0.25) is 4.98 Å². The Balaban J connectivity index is 1.88. The molecule has 0 fully saturated rings. The lowest BCUT2D eigenvalue weighted by atomic mass is 10.1. The fraction of sp³-hybridized carbons (Fsp3) is 0.476. The van der Waals surface area contributed by atoms with Crippen molar-refractivity contribution in [2.75, 3.05) is 45.8 Å². The Morgan fingerprint density at radius 2 is 1.76 bits per heavy atom. The summed E-state index contributed by atoms with van der Waals surface area (Å²) in [6, 6.07) is 5.55. The van der Waals surface area contributed by atoms with Crippen molar-refractivity contribution in [3.05, 3.63) is 23.9 Å². The summed E-state index contributed by atoms with van der Waals surface area (Å²) in [4.78, 5) is 15.9. The number of amides is 1. The molecule has 3 N–H and O–H groups in total. The number of benzene rings is 1. The standard InChI is InChI=1S/C21H29N5O7S/c1-21(2,3)33-20(27)26-34(28,29)25-7-9-32-8-6-23-19-14(12-22)13-24-16-11-18(31-5)17(30-4)10-15(16)19/h10-11,13,25H,6-9H2,1-5H3,(H,23,24)(H,26,27). The smallest absolute Gasteiger partial charge is 0.422 e. The quantitative estimate of drug-likeness (QED) is 0.393. The van der Waals surface area contributed by atoms with Gasteiger partial charge in [-0.05, 0) is 26.8 Å². The van der Waals surface area contributed by atoms with Gasteiger partial charge >= 0.3 is 16.3 Å². The molecule has 1 amide bonds. The van der Waals surface area contributed by atoms with Crippen LogP contribution in [-0.4, -0.2) is 65.6 Å². The van der Waals surface area contributed by atoms with Crippen molar-refractivity contribution in [3.63, 3.8) is 0 Å². The minimum Gasteiger partial charge on any atom is -0.493 e. The van der Waals surface area contributed by atoms with Crippen LogP contribution in [0.2, 0.25) is 0 Å². The minimum absolute atomic E-state index is 0.0588. The summed E-state index contributed by atoms with van der Waals surface area (Å²) < 4.78 is 48.6. The summed E-state index contributed by atoms with van der Waals surface area (Å²) in [5, 5.41) is 13.3. The van der Waals surface area contributed by atoms with Gasteiger partial charge < -0.3 is 24.3 Å². The van der Waals surface area contributed by atoms with Gasteiger partial charge in [-0.25, -0.2) is 9.52 Å². The first-order valence-corrected chi connectivity index (χ1v) is 11.7. The van der Waals surface area contributed by atoms with E-state index in [1.54, 1.807) is 37.6 Å². The van der Waals surface area contributed by atoms with Crippen molar-refractivity contribution in [3.8, 4) is 17.6 Å². The summed E-state index contributed by atoms with van der Waals surface area (Å²) in [7, 11) is -1.03. The molecule has 13 heteroatoms. The molecule has 0 spiro atoms. The summed E-state index contributed by atoms with van der Waals surface area (Å²) in [6.07, 6.45) is 0.390. The highest BCUT2D eigenvalue weighted by molar-refractivity contribution is 7.88. The van der Waals surface area contributed by atoms with Crippen molar-refractivity contribution < 1.29 is 32.2 Å². The van der Waals surface area contributed by atoms with E-state index in [2.05, 4.69) is 21.1 Å². The molecule has 2 rings (SSSR count). The van der Waals surface area contributed by atoms with Gasteiger partial charge in [0.1, 0.15) is 11.7 Å². The monoisotopic (exact) mass is 495 g/mol. The summed E-state index contributed by atoms with van der Waals surface area (Å²) in [5.74, 6) is 1.02. The Hall–Kier alpha value is -3.34. The predicted molar refractivity (Wildman–Crippen MR) is 125 cm³/mol. The Kier molecular flexibility index (Phi) is 9.25. The molecule has 2 aromatic rings. The van der Waals surface area contributed by atoms with Gasteiger partial charge in [0.05, 0.1) is 44.2 Å². The Morgan fingerprint density at radius 1 is 1.12 bits per heavy atom. The van der Waals surface area contributed by atoms with Crippen LogP contribution in [0, 0.1) is 11.3 Å². The van der Waals surface area contributed by atoms with E-state index in [1.807, 2.05) is 0 Å². The number of nitrogens with zero attached hydrogens (tertiary/aromatic N) is 2. The maximum Gasteiger partial charge on any atom is 0.422 e. The molecule has 0 radical (unpaired) electrons. The zero-order valence-corrected chi connectivity index (χ0v) is 20.5. The number of carbonyl (C=O) groups is 1. The van der Waals surface area contributed by atoms with Crippen LogP contribution < -0.4 is 24.2 Å². The number of hydrogen-bond acceptors (Lipinski definition) is 10. The lowest BCUT2D eigenvalue weighted by Crippen LogP contribution is -2.43. The molecule has 186 valence electrons. The molecular weight excluding hydrogens is 466 g/mol. The van der Waals surface area contributed by atoms with Crippen LogP contribution in [0.15, 0.2) is 18.3 Å². The summed E-state index contributed by atoms with van der Waals surface area (Å²) >= 11 is 0. The fourth-order valence-electron chi connectivity index (χ4n) is 2.84. The molecule has 0 saturated carbocycles. The number of ether oxygens (including phenoxy) is 4. The molecule has 34 heavy (non-hydrogen) atoms. The Labute approximate surface area is 198 Å². The molecular formula is C21H29N5O7S. The number of nitrogens with one attached hydrogen (secondary N) is 3. The highest BCUT2D eigenvalue weighted by Crippen LogP contribution is 2.35. The van der Waals surface area contributed by atoms with E-state index in [4.69, 9.17) is 18.9 Å². The van der Waals surface area contributed by atoms with E-state index in [1.165, 1.54) is 20.4 Å². The molecule has 1 aromatic carbocycles. The van der Waals surface area contributed by atoms with E-state index in [0.29, 0.717) is 40.2 Å². The highest BCUT2D eigenvalue weighted by atomic mass is 32.2. The molecule has 1 heterocycles. The molecule has 0 atom stereocenters. The molecule has 0 aliphatic carbocycles. The van der Waals surface area contributed by atoms with Crippen LogP contribution in [0.5, 0.6) is 11.5 Å².